The number of rotatable bonds is 4. The van der Waals surface area contributed by atoms with Gasteiger partial charge in [0.05, 0.1) is 0 Å². The normalized spacial score (nSPS) is 14.5. The van der Waals surface area contributed by atoms with Crippen LogP contribution in [0.5, 0.6) is 5.75 Å². The van der Waals surface area contributed by atoms with Crippen molar-refractivity contribution in [1.82, 2.24) is 0 Å². The first-order chi connectivity index (χ1) is 18.3. The Balaban J connectivity index is 2.68. The van der Waals surface area contributed by atoms with Gasteiger partial charge in [-0.1, -0.05) is 0 Å². The molecule has 0 spiro atoms. The second-order valence-corrected chi connectivity index (χ2v) is 19.3. The SMILES string of the molecule is Cc1cc(C(C)(C)C)c(OP(O)(O)(c2cc(C)ccc2C(C)(C)C)c2cc(C)ccc2C(C)(C)C)c(C(C)(C)C)c1. The fourth-order valence-electron chi connectivity index (χ4n) is 5.61. The summed E-state index contributed by atoms with van der Waals surface area (Å²) in [6.07, 6.45) is 0. The Hall–Kier alpha value is -2.19. The molecule has 0 aliphatic heterocycles. The molecule has 0 heterocycles. The van der Waals surface area contributed by atoms with Crippen molar-refractivity contribution in [3.05, 3.63) is 87.5 Å². The molecule has 0 unspecified atom stereocenters. The number of hydrogen-bond donors (Lipinski definition) is 2. The predicted molar refractivity (Wildman–Crippen MR) is 180 cm³/mol. The van der Waals surface area contributed by atoms with Gasteiger partial charge < -0.3 is 0 Å². The van der Waals surface area contributed by atoms with Gasteiger partial charge in [-0.15, -0.1) is 0 Å². The van der Waals surface area contributed by atoms with Crippen LogP contribution >= 0.6 is 7.28 Å². The summed E-state index contributed by atoms with van der Waals surface area (Å²) in [5, 5.41) is 0.944. The van der Waals surface area contributed by atoms with Crippen LogP contribution in [0.2, 0.25) is 0 Å². The number of benzene rings is 3. The Morgan fingerprint density at radius 3 is 1.07 bits per heavy atom. The molecular weight excluding hydrogens is 523 g/mol. The van der Waals surface area contributed by atoms with Crippen molar-refractivity contribution in [3.63, 3.8) is 0 Å². The van der Waals surface area contributed by atoms with E-state index < -0.39 is 7.28 Å². The molecule has 0 radical (unpaired) electrons. The van der Waals surface area contributed by atoms with Gasteiger partial charge in [-0.2, -0.15) is 0 Å². The fourth-order valence-corrected chi connectivity index (χ4v) is 9.17. The molecule has 4 heteroatoms. The van der Waals surface area contributed by atoms with Gasteiger partial charge in [-0.05, 0) is 0 Å². The summed E-state index contributed by atoms with van der Waals surface area (Å²) in [6.45, 7) is 31.8. The summed E-state index contributed by atoms with van der Waals surface area (Å²) in [5.41, 5.74) is 5.38. The summed E-state index contributed by atoms with van der Waals surface area (Å²) in [5.74, 6) is 0.570. The van der Waals surface area contributed by atoms with E-state index in [1.54, 1.807) is 0 Å². The molecule has 3 aromatic carbocycles. The van der Waals surface area contributed by atoms with Crippen LogP contribution in [0.25, 0.3) is 0 Å². The van der Waals surface area contributed by atoms with Crippen LogP contribution < -0.4 is 15.1 Å². The quantitative estimate of drug-likeness (QED) is 0.304. The summed E-state index contributed by atoms with van der Waals surface area (Å²) in [6, 6.07) is 16.3. The van der Waals surface area contributed by atoms with Crippen molar-refractivity contribution in [3.8, 4) is 5.75 Å². The van der Waals surface area contributed by atoms with Gasteiger partial charge in [-0.3, -0.25) is 0 Å². The maximum absolute atomic E-state index is 13.5. The van der Waals surface area contributed by atoms with Crippen molar-refractivity contribution >= 4 is 17.9 Å². The molecule has 0 saturated carbocycles. The van der Waals surface area contributed by atoms with Gasteiger partial charge in [0.15, 0.2) is 0 Å². The van der Waals surface area contributed by atoms with E-state index in [-0.39, 0.29) is 21.7 Å². The van der Waals surface area contributed by atoms with Crippen molar-refractivity contribution in [2.75, 3.05) is 0 Å². The Kier molecular flexibility index (Phi) is 8.30. The third kappa shape index (κ3) is 6.58. The molecule has 3 nitrogen and oxygen atoms in total. The van der Waals surface area contributed by atoms with Crippen molar-refractivity contribution in [1.29, 1.82) is 0 Å². The summed E-state index contributed by atoms with van der Waals surface area (Å²) < 4.78 is 7.16. The maximum atomic E-state index is 13.5. The molecule has 0 bridgehead atoms. The molecule has 0 saturated heterocycles. The van der Waals surface area contributed by atoms with Crippen LogP contribution in [-0.2, 0) is 21.7 Å². The second-order valence-electron chi connectivity index (χ2n) is 16.3. The summed E-state index contributed by atoms with van der Waals surface area (Å²) >= 11 is 0. The third-order valence-electron chi connectivity index (χ3n) is 7.90. The van der Waals surface area contributed by atoms with E-state index >= 15 is 0 Å². The van der Waals surface area contributed by atoms with Crippen molar-refractivity contribution < 1.29 is 14.3 Å². The van der Waals surface area contributed by atoms with Crippen molar-refractivity contribution in [2.45, 2.75) is 126 Å². The van der Waals surface area contributed by atoms with Crippen LogP contribution in [0.4, 0.5) is 0 Å². The average Bonchev–Trinajstić information content (AvgIpc) is 2.77. The topological polar surface area (TPSA) is 49.7 Å². The van der Waals surface area contributed by atoms with E-state index in [2.05, 4.69) is 114 Å². The standard InChI is InChI=1S/C37H55O3P/c1-24-16-18-27(34(4,5)6)31(22-24)41(38,39,32-23-25(2)17-19-28(32)35(7,8)9)40-33-29(36(10,11)12)20-26(3)21-30(33)37(13,14)15/h16-23,38-39H,1-15H3. The molecule has 0 aliphatic carbocycles. The third-order valence-corrected chi connectivity index (χ3v) is 10.9. The van der Waals surface area contributed by atoms with Crippen LogP contribution in [-0.4, -0.2) is 9.79 Å². The molecule has 0 aromatic heterocycles. The Morgan fingerprint density at radius 1 is 0.463 bits per heavy atom. The molecule has 41 heavy (non-hydrogen) atoms. The first-order valence-corrected chi connectivity index (χ1v) is 16.9. The Bertz CT molecular complexity index is 1350. The van der Waals surface area contributed by atoms with Gasteiger partial charge in [0.2, 0.25) is 0 Å². The molecule has 0 amide bonds. The van der Waals surface area contributed by atoms with Crippen molar-refractivity contribution in [2.24, 2.45) is 0 Å². The first kappa shape index (κ1) is 33.3. The van der Waals surface area contributed by atoms with Gasteiger partial charge in [0, 0.05) is 0 Å². The van der Waals surface area contributed by atoms with Crippen LogP contribution in [0, 0.1) is 20.8 Å². The Morgan fingerprint density at radius 2 is 0.780 bits per heavy atom. The van der Waals surface area contributed by atoms with Crippen LogP contribution in [0.3, 0.4) is 0 Å². The monoisotopic (exact) mass is 578 g/mol. The zero-order valence-electron chi connectivity index (χ0n) is 28.4. The van der Waals surface area contributed by atoms with E-state index in [1.165, 1.54) is 0 Å². The van der Waals surface area contributed by atoms with Crippen LogP contribution in [0.15, 0.2) is 48.5 Å². The van der Waals surface area contributed by atoms with E-state index in [4.69, 9.17) is 4.52 Å². The molecular formula is C37H55O3P. The molecule has 0 atom stereocenters. The van der Waals surface area contributed by atoms with Gasteiger partial charge in [0.25, 0.3) is 0 Å². The average molecular weight is 579 g/mol. The van der Waals surface area contributed by atoms with Gasteiger partial charge >= 0.3 is 251 Å². The van der Waals surface area contributed by atoms with E-state index in [0.717, 1.165) is 38.9 Å². The molecule has 3 aromatic rings. The number of aryl methyl sites for hydroxylation is 3. The minimum atomic E-state index is -5.38. The Labute approximate surface area is 250 Å². The molecule has 226 valence electrons. The summed E-state index contributed by atoms with van der Waals surface area (Å²) in [7, 11) is -5.38. The molecule has 3 rings (SSSR count). The van der Waals surface area contributed by atoms with Crippen LogP contribution in [0.1, 0.15) is 122 Å². The fraction of sp³-hybridized carbons (Fsp3) is 0.514. The van der Waals surface area contributed by atoms with E-state index in [9.17, 15) is 9.79 Å². The van der Waals surface area contributed by atoms with Gasteiger partial charge in [-0.25, -0.2) is 0 Å². The van der Waals surface area contributed by atoms with E-state index in [1.807, 2.05) is 38.1 Å². The zero-order valence-corrected chi connectivity index (χ0v) is 29.3. The summed E-state index contributed by atoms with van der Waals surface area (Å²) in [4.78, 5) is 27.0. The number of hydrogen-bond acceptors (Lipinski definition) is 3. The molecule has 0 fully saturated rings. The molecule has 0 aliphatic rings. The van der Waals surface area contributed by atoms with Gasteiger partial charge in [0.1, 0.15) is 0 Å². The second kappa shape index (κ2) is 10.2. The zero-order chi connectivity index (χ0) is 31.6. The predicted octanol–water partition coefficient (Wildman–Crippen LogP) is 9.11. The van der Waals surface area contributed by atoms with E-state index in [0.29, 0.717) is 16.4 Å². The molecule has 2 N–H and O–H groups in total. The first-order valence-electron chi connectivity index (χ1n) is 14.9. The minimum absolute atomic E-state index is 0.301.